The van der Waals surface area contributed by atoms with Crippen LogP contribution in [-0.4, -0.2) is 24.4 Å². The van der Waals surface area contributed by atoms with Crippen LogP contribution in [-0.2, 0) is 16.0 Å². The monoisotopic (exact) mass is 343 g/mol. The first kappa shape index (κ1) is 16.7. The fraction of sp³-hybridized carbons (Fsp3) is 0.263. The van der Waals surface area contributed by atoms with E-state index >= 15 is 0 Å². The maximum Gasteiger partial charge on any atom is 0.292 e. The van der Waals surface area contributed by atoms with Gasteiger partial charge in [-0.05, 0) is 36.2 Å². The van der Waals surface area contributed by atoms with E-state index < -0.39 is 0 Å². The molecular weight excluding hydrogens is 324 g/mol. The molecule has 0 bridgehead atoms. The largest absolute Gasteiger partial charge is 0.336 e. The molecule has 0 spiro atoms. The summed E-state index contributed by atoms with van der Waals surface area (Å²) in [5, 5.41) is 2.57. The van der Waals surface area contributed by atoms with Gasteiger partial charge >= 0.3 is 0 Å². The van der Waals surface area contributed by atoms with Crippen LogP contribution < -0.4 is 10.2 Å². The standard InChI is InChI=1S/C19H19ClN2O2/c20-15-8-10-16(11-9-15)22-18(23)13-17(19(22)24)21-12-4-7-14-5-2-1-3-6-14/h1-3,5-6,8-11,17,21H,4,7,12-13H2/p+1/t17-/m0/s1. The van der Waals surface area contributed by atoms with Crippen molar-refractivity contribution in [2.24, 2.45) is 0 Å². The topological polar surface area (TPSA) is 54.0 Å². The van der Waals surface area contributed by atoms with E-state index in [9.17, 15) is 9.59 Å². The minimum atomic E-state index is -0.316. The predicted octanol–water partition coefficient (Wildman–Crippen LogP) is 2.17. The highest BCUT2D eigenvalue weighted by Gasteiger charge is 2.41. The van der Waals surface area contributed by atoms with Crippen LogP contribution in [0.1, 0.15) is 18.4 Å². The SMILES string of the molecule is O=C1C[C@H]([NH2+]CCCc2ccccc2)C(=O)N1c1ccc(Cl)cc1. The molecule has 1 fully saturated rings. The van der Waals surface area contributed by atoms with E-state index in [0.29, 0.717) is 10.7 Å². The van der Waals surface area contributed by atoms with E-state index in [0.717, 1.165) is 19.4 Å². The van der Waals surface area contributed by atoms with E-state index in [1.165, 1.54) is 10.5 Å². The number of rotatable bonds is 6. The lowest BCUT2D eigenvalue weighted by molar-refractivity contribution is -0.674. The second-order valence-corrected chi connectivity index (χ2v) is 6.40. The minimum Gasteiger partial charge on any atom is -0.336 e. The molecule has 2 aromatic carbocycles. The van der Waals surface area contributed by atoms with Gasteiger partial charge in [-0.3, -0.25) is 9.59 Å². The fourth-order valence-corrected chi connectivity index (χ4v) is 3.10. The molecule has 0 saturated carbocycles. The zero-order valence-corrected chi connectivity index (χ0v) is 14.1. The van der Waals surface area contributed by atoms with Crippen LogP contribution >= 0.6 is 11.6 Å². The number of quaternary nitrogens is 1. The first-order valence-corrected chi connectivity index (χ1v) is 8.52. The molecule has 124 valence electrons. The van der Waals surface area contributed by atoms with Crippen molar-refractivity contribution in [3.63, 3.8) is 0 Å². The number of halogens is 1. The fourth-order valence-electron chi connectivity index (χ4n) is 2.97. The van der Waals surface area contributed by atoms with Gasteiger partial charge in [0.15, 0.2) is 6.04 Å². The van der Waals surface area contributed by atoms with E-state index in [4.69, 9.17) is 11.6 Å². The van der Waals surface area contributed by atoms with Crippen molar-refractivity contribution < 1.29 is 14.9 Å². The molecule has 1 heterocycles. The number of hydrogen-bond acceptors (Lipinski definition) is 2. The molecule has 0 unspecified atom stereocenters. The lowest BCUT2D eigenvalue weighted by atomic mass is 10.1. The van der Waals surface area contributed by atoms with Gasteiger partial charge in [0.2, 0.25) is 5.91 Å². The molecule has 0 radical (unpaired) electrons. The normalized spacial score (nSPS) is 17.5. The summed E-state index contributed by atoms with van der Waals surface area (Å²) >= 11 is 5.86. The Balaban J connectivity index is 1.53. The lowest BCUT2D eigenvalue weighted by Crippen LogP contribution is -2.91. The third-order valence-corrected chi connectivity index (χ3v) is 4.48. The predicted molar refractivity (Wildman–Crippen MR) is 93.9 cm³/mol. The zero-order valence-electron chi connectivity index (χ0n) is 13.3. The van der Waals surface area contributed by atoms with Crippen molar-refractivity contribution in [1.29, 1.82) is 0 Å². The van der Waals surface area contributed by atoms with Crippen molar-refractivity contribution in [2.75, 3.05) is 11.4 Å². The Morgan fingerprint density at radius 3 is 2.46 bits per heavy atom. The van der Waals surface area contributed by atoms with E-state index in [1.807, 2.05) is 23.5 Å². The van der Waals surface area contributed by atoms with Crippen LogP contribution in [0, 0.1) is 0 Å². The van der Waals surface area contributed by atoms with Crippen molar-refractivity contribution in [3.05, 3.63) is 65.2 Å². The Kier molecular flexibility index (Phi) is 5.28. The van der Waals surface area contributed by atoms with Crippen molar-refractivity contribution >= 4 is 29.1 Å². The van der Waals surface area contributed by atoms with E-state index in [2.05, 4.69) is 12.1 Å². The average molecular weight is 344 g/mol. The van der Waals surface area contributed by atoms with Crippen molar-refractivity contribution in [1.82, 2.24) is 0 Å². The van der Waals surface area contributed by atoms with Gasteiger partial charge in [-0.2, -0.15) is 0 Å². The number of carbonyl (C=O) groups is 2. The Bertz CT molecular complexity index is 716. The number of amides is 2. The number of nitrogens with zero attached hydrogens (tertiary/aromatic N) is 1. The van der Waals surface area contributed by atoms with Crippen LogP contribution in [0.2, 0.25) is 5.02 Å². The Hall–Kier alpha value is -2.17. The number of carbonyl (C=O) groups excluding carboxylic acids is 2. The van der Waals surface area contributed by atoms with E-state index in [1.54, 1.807) is 24.3 Å². The molecule has 2 N–H and O–H groups in total. The van der Waals surface area contributed by atoms with Crippen LogP contribution in [0.25, 0.3) is 0 Å². The molecule has 3 rings (SSSR count). The number of anilines is 1. The van der Waals surface area contributed by atoms with Crippen LogP contribution in [0.15, 0.2) is 54.6 Å². The molecule has 0 aliphatic carbocycles. The summed E-state index contributed by atoms with van der Waals surface area (Å²) < 4.78 is 0. The summed E-state index contributed by atoms with van der Waals surface area (Å²) in [6.07, 6.45) is 2.21. The molecular formula is C19H20ClN2O2+. The van der Waals surface area contributed by atoms with Gasteiger partial charge in [-0.1, -0.05) is 41.9 Å². The van der Waals surface area contributed by atoms with Gasteiger partial charge in [-0.25, -0.2) is 4.90 Å². The number of benzene rings is 2. The molecule has 1 saturated heterocycles. The molecule has 5 heteroatoms. The summed E-state index contributed by atoms with van der Waals surface area (Å²) in [6.45, 7) is 0.826. The second kappa shape index (κ2) is 7.60. The molecule has 2 amide bonds. The average Bonchev–Trinajstić information content (AvgIpc) is 2.88. The highest BCUT2D eigenvalue weighted by atomic mass is 35.5. The highest BCUT2D eigenvalue weighted by Crippen LogP contribution is 2.23. The molecule has 1 aliphatic heterocycles. The summed E-state index contributed by atoms with van der Waals surface area (Å²) in [4.78, 5) is 26.0. The Morgan fingerprint density at radius 1 is 1.04 bits per heavy atom. The lowest BCUT2D eigenvalue weighted by Gasteiger charge is -2.14. The quantitative estimate of drug-likeness (QED) is 0.645. The maximum atomic E-state index is 12.5. The van der Waals surface area contributed by atoms with Gasteiger partial charge in [0, 0.05) is 11.4 Å². The molecule has 1 atom stereocenters. The second-order valence-electron chi connectivity index (χ2n) is 5.97. The summed E-state index contributed by atoms with van der Waals surface area (Å²) in [5.74, 6) is -0.284. The zero-order chi connectivity index (χ0) is 16.9. The van der Waals surface area contributed by atoms with E-state index in [-0.39, 0.29) is 24.3 Å². The van der Waals surface area contributed by atoms with Gasteiger partial charge < -0.3 is 5.32 Å². The van der Waals surface area contributed by atoms with Crippen LogP contribution in [0.3, 0.4) is 0 Å². The first-order chi connectivity index (χ1) is 11.6. The Morgan fingerprint density at radius 2 is 1.75 bits per heavy atom. The van der Waals surface area contributed by atoms with Crippen molar-refractivity contribution in [3.8, 4) is 0 Å². The van der Waals surface area contributed by atoms with Gasteiger partial charge in [0.05, 0.1) is 18.7 Å². The first-order valence-electron chi connectivity index (χ1n) is 8.15. The van der Waals surface area contributed by atoms with Gasteiger partial charge in [0.1, 0.15) is 0 Å². The highest BCUT2D eigenvalue weighted by molar-refractivity contribution is 6.30. The molecule has 0 aromatic heterocycles. The minimum absolute atomic E-state index is 0.137. The summed E-state index contributed by atoms with van der Waals surface area (Å²) in [5.41, 5.74) is 1.89. The third-order valence-electron chi connectivity index (χ3n) is 4.23. The number of imide groups is 1. The Labute approximate surface area is 146 Å². The summed E-state index contributed by atoms with van der Waals surface area (Å²) in [6, 6.07) is 16.7. The summed E-state index contributed by atoms with van der Waals surface area (Å²) in [7, 11) is 0. The van der Waals surface area contributed by atoms with Crippen LogP contribution in [0.5, 0.6) is 0 Å². The smallest absolute Gasteiger partial charge is 0.292 e. The molecule has 2 aromatic rings. The number of nitrogens with two attached hydrogens (primary N) is 1. The molecule has 24 heavy (non-hydrogen) atoms. The van der Waals surface area contributed by atoms with Crippen molar-refractivity contribution in [2.45, 2.75) is 25.3 Å². The van der Waals surface area contributed by atoms with Crippen LogP contribution in [0.4, 0.5) is 5.69 Å². The van der Waals surface area contributed by atoms with Gasteiger partial charge in [-0.15, -0.1) is 0 Å². The number of aryl methyl sites for hydroxylation is 1. The molecule has 1 aliphatic rings. The van der Waals surface area contributed by atoms with Gasteiger partial charge in [0.25, 0.3) is 5.91 Å². The maximum absolute atomic E-state index is 12.5. The molecule has 4 nitrogen and oxygen atoms in total. The number of hydrogen-bond donors (Lipinski definition) is 1. The third kappa shape index (κ3) is 3.83.